The predicted molar refractivity (Wildman–Crippen MR) is 129 cm³/mol. The van der Waals surface area contributed by atoms with Crippen molar-refractivity contribution < 1.29 is 25.9 Å². The first-order valence-electron chi connectivity index (χ1n) is 9.72. The maximum absolute atomic E-state index is 11.2. The average molecular weight is 511 g/mol. The molecule has 0 heterocycles. The summed E-state index contributed by atoms with van der Waals surface area (Å²) in [7, 11) is -8.84. The van der Waals surface area contributed by atoms with E-state index in [1.165, 1.54) is 12.1 Å². The van der Waals surface area contributed by atoms with Crippen molar-refractivity contribution in [2.24, 2.45) is 0 Å². The maximum Gasteiger partial charge on any atom is 2.00 e. The summed E-state index contributed by atoms with van der Waals surface area (Å²) in [5.41, 5.74) is 3.53. The molecule has 33 heavy (non-hydrogen) atoms. The summed E-state index contributed by atoms with van der Waals surface area (Å²) in [6, 6.07) is 17.0. The molecule has 0 aliphatic rings. The maximum atomic E-state index is 11.2. The zero-order chi connectivity index (χ0) is 23.8. The van der Waals surface area contributed by atoms with Gasteiger partial charge in [-0.2, -0.15) is 0 Å². The van der Waals surface area contributed by atoms with Crippen LogP contribution in [0.2, 0.25) is 0 Å². The van der Waals surface area contributed by atoms with Crippen LogP contribution in [-0.2, 0) is 20.2 Å². The molecule has 168 valence electrons. The van der Waals surface area contributed by atoms with Crippen molar-refractivity contribution in [3.05, 3.63) is 82.9 Å². The molecule has 0 N–H and O–H groups in total. The SMILES string of the molecule is Cc1ccc(C)c2c(S(=O)(=O)[O-])cccc12.Cc1ccc(C)c2c(S(=O)(=O)[O-])cccc12.[Ca+2]. The fourth-order valence-electron chi connectivity index (χ4n) is 3.80. The van der Waals surface area contributed by atoms with Crippen LogP contribution in [0.4, 0.5) is 0 Å². The quantitative estimate of drug-likeness (QED) is 0.293. The Balaban J connectivity index is 0.000000227. The topological polar surface area (TPSA) is 114 Å². The number of benzene rings is 4. The van der Waals surface area contributed by atoms with Crippen molar-refractivity contribution in [3.8, 4) is 0 Å². The van der Waals surface area contributed by atoms with Crippen LogP contribution in [0, 0.1) is 27.7 Å². The minimum atomic E-state index is -4.42. The number of hydrogen-bond acceptors (Lipinski definition) is 6. The summed E-state index contributed by atoms with van der Waals surface area (Å²) >= 11 is 0. The van der Waals surface area contributed by atoms with Gasteiger partial charge in [0.15, 0.2) is 0 Å². The van der Waals surface area contributed by atoms with Crippen molar-refractivity contribution in [1.29, 1.82) is 0 Å². The van der Waals surface area contributed by atoms with Crippen LogP contribution in [0.15, 0.2) is 70.5 Å². The molecule has 4 rings (SSSR count). The minimum absolute atomic E-state index is 0. The summed E-state index contributed by atoms with van der Waals surface area (Å²) in [6.45, 7) is 7.39. The van der Waals surface area contributed by atoms with Crippen LogP contribution in [-0.4, -0.2) is 63.7 Å². The van der Waals surface area contributed by atoms with Gasteiger partial charge in [-0.1, -0.05) is 48.5 Å². The van der Waals surface area contributed by atoms with Gasteiger partial charge >= 0.3 is 37.7 Å². The summed E-state index contributed by atoms with van der Waals surface area (Å²) < 4.78 is 66.9. The molecule has 4 aromatic carbocycles. The summed E-state index contributed by atoms with van der Waals surface area (Å²) in [5.74, 6) is 0. The van der Waals surface area contributed by atoms with Gasteiger partial charge < -0.3 is 9.11 Å². The summed E-state index contributed by atoms with van der Waals surface area (Å²) in [4.78, 5) is -0.266. The first-order valence-corrected chi connectivity index (χ1v) is 12.5. The Labute approximate surface area is 224 Å². The van der Waals surface area contributed by atoms with E-state index in [1.807, 2.05) is 50.2 Å². The van der Waals surface area contributed by atoms with Crippen LogP contribution in [0.1, 0.15) is 22.3 Å². The van der Waals surface area contributed by atoms with Crippen molar-refractivity contribution >= 4 is 79.5 Å². The monoisotopic (exact) mass is 510 g/mol. The fraction of sp³-hybridized carbons (Fsp3) is 0.167. The average Bonchev–Trinajstić information content (AvgIpc) is 2.72. The zero-order valence-corrected chi connectivity index (χ0v) is 22.6. The van der Waals surface area contributed by atoms with Gasteiger partial charge in [-0.15, -0.1) is 0 Å². The van der Waals surface area contributed by atoms with Gasteiger partial charge in [-0.3, -0.25) is 0 Å². The predicted octanol–water partition coefficient (Wildman–Crippen LogP) is 4.34. The van der Waals surface area contributed by atoms with Gasteiger partial charge in [0, 0.05) is 10.8 Å². The number of fused-ring (bicyclic) bond motifs is 2. The van der Waals surface area contributed by atoms with Gasteiger partial charge in [0.1, 0.15) is 20.2 Å². The molecular formula is C24H22CaO6S2. The molecule has 0 bridgehead atoms. The molecule has 6 nitrogen and oxygen atoms in total. The van der Waals surface area contributed by atoms with E-state index in [0.29, 0.717) is 10.8 Å². The Kier molecular flexibility index (Phi) is 8.73. The summed E-state index contributed by atoms with van der Waals surface area (Å²) in [6.07, 6.45) is 0. The molecule has 0 aliphatic carbocycles. The first-order chi connectivity index (χ1) is 14.8. The molecule has 9 heteroatoms. The Morgan fingerprint density at radius 2 is 0.818 bits per heavy atom. The Morgan fingerprint density at radius 1 is 0.515 bits per heavy atom. The van der Waals surface area contributed by atoms with E-state index in [-0.39, 0.29) is 47.5 Å². The second-order valence-electron chi connectivity index (χ2n) is 7.66. The molecule has 0 aliphatic heterocycles. The third kappa shape index (κ3) is 5.95. The second-order valence-corrected chi connectivity index (χ2v) is 10.4. The molecule has 0 amide bonds. The van der Waals surface area contributed by atoms with Crippen LogP contribution >= 0.6 is 0 Å². The molecule has 4 aromatic rings. The van der Waals surface area contributed by atoms with Crippen molar-refractivity contribution in [3.63, 3.8) is 0 Å². The molecule has 0 aromatic heterocycles. The Bertz CT molecular complexity index is 1440. The summed E-state index contributed by atoms with van der Waals surface area (Å²) in [5, 5.41) is 2.71. The molecule has 0 unspecified atom stereocenters. The molecule has 0 saturated heterocycles. The van der Waals surface area contributed by atoms with Gasteiger partial charge in [0.25, 0.3) is 0 Å². The molecule has 0 radical (unpaired) electrons. The van der Waals surface area contributed by atoms with Gasteiger partial charge in [0.2, 0.25) is 0 Å². The normalized spacial score (nSPS) is 11.6. The number of rotatable bonds is 2. The van der Waals surface area contributed by atoms with E-state index >= 15 is 0 Å². The zero-order valence-electron chi connectivity index (χ0n) is 18.7. The molecule has 0 atom stereocenters. The van der Waals surface area contributed by atoms with E-state index in [1.54, 1.807) is 26.0 Å². The van der Waals surface area contributed by atoms with E-state index in [2.05, 4.69) is 0 Å². The number of hydrogen-bond donors (Lipinski definition) is 0. The van der Waals surface area contributed by atoms with E-state index < -0.39 is 20.2 Å². The Morgan fingerprint density at radius 3 is 1.12 bits per heavy atom. The minimum Gasteiger partial charge on any atom is -0.744 e. The smallest absolute Gasteiger partial charge is 0.744 e. The van der Waals surface area contributed by atoms with Gasteiger partial charge in [-0.05, 0) is 72.9 Å². The third-order valence-corrected chi connectivity index (χ3v) is 7.15. The molecular weight excluding hydrogens is 488 g/mol. The van der Waals surface area contributed by atoms with Crippen LogP contribution < -0.4 is 0 Å². The third-order valence-electron chi connectivity index (χ3n) is 5.40. The van der Waals surface area contributed by atoms with Gasteiger partial charge in [0.05, 0.1) is 9.79 Å². The largest absolute Gasteiger partial charge is 2.00 e. The van der Waals surface area contributed by atoms with Crippen LogP contribution in [0.25, 0.3) is 21.5 Å². The van der Waals surface area contributed by atoms with E-state index in [4.69, 9.17) is 0 Å². The first kappa shape index (κ1) is 27.7. The fourth-order valence-corrected chi connectivity index (χ4v) is 5.33. The van der Waals surface area contributed by atoms with Crippen molar-refractivity contribution in [2.75, 3.05) is 0 Å². The van der Waals surface area contributed by atoms with Crippen molar-refractivity contribution in [1.82, 2.24) is 0 Å². The van der Waals surface area contributed by atoms with Crippen molar-refractivity contribution in [2.45, 2.75) is 37.5 Å². The number of aryl methyl sites for hydroxylation is 4. The molecule has 0 saturated carbocycles. The molecule has 0 fully saturated rings. The molecule has 0 spiro atoms. The van der Waals surface area contributed by atoms with E-state index in [0.717, 1.165) is 33.0 Å². The van der Waals surface area contributed by atoms with Crippen LogP contribution in [0.5, 0.6) is 0 Å². The Hall–Kier alpha value is -1.52. The standard InChI is InChI=1S/2C12H12O3S.Ca/c2*1-8-6-7-9(2)12-10(8)4-3-5-11(12)16(13,14)15;/h2*3-7H,1-2H3,(H,13,14,15);/q;;+2/p-2. The second kappa shape index (κ2) is 10.4. The van der Waals surface area contributed by atoms with Gasteiger partial charge in [-0.25, -0.2) is 16.8 Å². The van der Waals surface area contributed by atoms with E-state index in [9.17, 15) is 25.9 Å². The van der Waals surface area contributed by atoms with Crippen LogP contribution in [0.3, 0.4) is 0 Å².